The summed E-state index contributed by atoms with van der Waals surface area (Å²) in [6, 6.07) is 9.49. The van der Waals surface area contributed by atoms with Crippen molar-refractivity contribution < 1.29 is 18.9 Å². The van der Waals surface area contributed by atoms with Gasteiger partial charge in [0.2, 0.25) is 0 Å². The van der Waals surface area contributed by atoms with Crippen LogP contribution in [-0.4, -0.2) is 35.1 Å². The molecule has 1 aromatic heterocycles. The number of anilines is 1. The minimum absolute atomic E-state index is 0.128. The van der Waals surface area contributed by atoms with E-state index in [-0.39, 0.29) is 17.1 Å². The molecule has 2 aromatic rings. The third-order valence-corrected chi connectivity index (χ3v) is 4.62. The number of hydrogen-bond acceptors (Lipinski definition) is 7. The topological polar surface area (TPSA) is 96.9 Å². The van der Waals surface area contributed by atoms with Crippen molar-refractivity contribution in [2.45, 2.75) is 6.54 Å². The molecule has 26 heavy (non-hydrogen) atoms. The van der Waals surface area contributed by atoms with Gasteiger partial charge in [-0.3, -0.25) is 24.6 Å². The Morgan fingerprint density at radius 3 is 2.62 bits per heavy atom. The number of thioether (sulfide) groups is 1. The number of nitrogens with zero attached hydrogens (tertiary/aromatic N) is 3. The Kier molecular flexibility index (Phi) is 4.81. The molecule has 2 amide bonds. The van der Waals surface area contributed by atoms with Gasteiger partial charge in [0.15, 0.2) is 5.88 Å². The van der Waals surface area contributed by atoms with Crippen molar-refractivity contribution in [3.63, 3.8) is 0 Å². The molecule has 134 valence electrons. The monoisotopic (exact) mass is 373 g/mol. The fourth-order valence-corrected chi connectivity index (χ4v) is 3.24. The third-order valence-electron chi connectivity index (χ3n) is 3.72. The van der Waals surface area contributed by atoms with Gasteiger partial charge in [0.1, 0.15) is 5.76 Å². The van der Waals surface area contributed by atoms with E-state index in [9.17, 15) is 19.7 Å². The average molecular weight is 373 g/mol. The van der Waals surface area contributed by atoms with Gasteiger partial charge in [-0.2, -0.15) is 0 Å². The molecule has 0 atom stereocenters. The molecule has 1 saturated heterocycles. The summed E-state index contributed by atoms with van der Waals surface area (Å²) in [7, 11) is 3.65. The summed E-state index contributed by atoms with van der Waals surface area (Å²) in [6.45, 7) is -0.153. The molecule has 9 heteroatoms. The summed E-state index contributed by atoms with van der Waals surface area (Å²) in [5, 5.41) is 10.6. The normalized spacial score (nSPS) is 15.8. The van der Waals surface area contributed by atoms with Gasteiger partial charge in [-0.15, -0.1) is 0 Å². The summed E-state index contributed by atoms with van der Waals surface area (Å²) in [5.74, 6) is 0.571. The summed E-state index contributed by atoms with van der Waals surface area (Å²) in [4.78, 5) is 38.3. The third kappa shape index (κ3) is 3.47. The quantitative estimate of drug-likeness (QED) is 0.449. The van der Waals surface area contributed by atoms with Gasteiger partial charge in [-0.05, 0) is 17.8 Å². The minimum atomic E-state index is -0.532. The number of furan rings is 1. The van der Waals surface area contributed by atoms with E-state index in [1.807, 2.05) is 14.1 Å². The van der Waals surface area contributed by atoms with E-state index in [1.54, 1.807) is 23.1 Å². The summed E-state index contributed by atoms with van der Waals surface area (Å²) in [6.07, 6.45) is 1.50. The lowest BCUT2D eigenvalue weighted by Crippen LogP contribution is -2.27. The van der Waals surface area contributed by atoms with Gasteiger partial charge in [-0.25, -0.2) is 0 Å². The first-order valence-corrected chi connectivity index (χ1v) is 8.43. The number of nitro benzene ring substituents is 1. The van der Waals surface area contributed by atoms with Crippen LogP contribution >= 0.6 is 11.8 Å². The molecular formula is C17H15N3O5S. The smallest absolute Gasteiger partial charge is 0.293 e. The van der Waals surface area contributed by atoms with E-state index in [1.165, 1.54) is 24.3 Å². The Hall–Kier alpha value is -3.07. The largest absolute Gasteiger partial charge is 0.441 e. The molecule has 3 rings (SSSR count). The zero-order valence-electron chi connectivity index (χ0n) is 14.0. The van der Waals surface area contributed by atoms with Crippen LogP contribution < -0.4 is 4.90 Å². The molecule has 0 N–H and O–H groups in total. The number of rotatable bonds is 5. The zero-order chi connectivity index (χ0) is 18.8. The summed E-state index contributed by atoms with van der Waals surface area (Å²) >= 11 is 0.783. The van der Waals surface area contributed by atoms with E-state index in [4.69, 9.17) is 4.42 Å². The van der Waals surface area contributed by atoms with Crippen LogP contribution in [0.1, 0.15) is 11.3 Å². The number of nitro groups is 1. The number of para-hydroxylation sites is 1. The highest BCUT2D eigenvalue weighted by atomic mass is 32.2. The fourth-order valence-electron chi connectivity index (χ4n) is 2.42. The lowest BCUT2D eigenvalue weighted by Gasteiger charge is -2.12. The van der Waals surface area contributed by atoms with Crippen LogP contribution in [0.25, 0.3) is 6.08 Å². The lowest BCUT2D eigenvalue weighted by molar-refractivity contribution is -0.385. The van der Waals surface area contributed by atoms with Crippen molar-refractivity contribution in [1.82, 2.24) is 4.90 Å². The first-order valence-electron chi connectivity index (χ1n) is 7.61. The van der Waals surface area contributed by atoms with Crippen LogP contribution in [0.3, 0.4) is 0 Å². The maximum atomic E-state index is 12.5. The highest BCUT2D eigenvalue weighted by Gasteiger charge is 2.36. The van der Waals surface area contributed by atoms with Crippen LogP contribution in [-0.2, 0) is 11.3 Å². The molecule has 0 unspecified atom stereocenters. The van der Waals surface area contributed by atoms with Crippen molar-refractivity contribution >= 4 is 40.6 Å². The Labute approximate surface area is 153 Å². The standard InChI is InChI=1S/C17H15N3O5S/c1-18(2)15-8-7-12(25-15)9-14-16(21)19(17(22)26-14)10-11-5-3-4-6-13(11)20(23)24/h3-9H,10H2,1-2H3/b14-9-. The van der Waals surface area contributed by atoms with Crippen LogP contribution in [0.2, 0.25) is 0 Å². The molecule has 8 nitrogen and oxygen atoms in total. The Bertz CT molecular complexity index is 919. The van der Waals surface area contributed by atoms with Gasteiger partial charge in [0.05, 0.1) is 16.4 Å². The molecule has 1 aromatic carbocycles. The van der Waals surface area contributed by atoms with Crippen molar-refractivity contribution in [3.8, 4) is 0 Å². The molecule has 0 bridgehead atoms. The van der Waals surface area contributed by atoms with E-state index in [0.29, 0.717) is 17.2 Å². The average Bonchev–Trinajstić information content (AvgIpc) is 3.16. The van der Waals surface area contributed by atoms with E-state index >= 15 is 0 Å². The van der Waals surface area contributed by atoms with Gasteiger partial charge in [-0.1, -0.05) is 18.2 Å². The molecule has 1 aliphatic heterocycles. The van der Waals surface area contributed by atoms with E-state index < -0.39 is 16.1 Å². The highest BCUT2D eigenvalue weighted by molar-refractivity contribution is 8.18. The number of carbonyl (C=O) groups excluding carboxylic acids is 2. The molecular weight excluding hydrogens is 358 g/mol. The Balaban J connectivity index is 1.83. The van der Waals surface area contributed by atoms with Crippen LogP contribution in [0, 0.1) is 10.1 Å². The second kappa shape index (κ2) is 7.04. The summed E-state index contributed by atoms with van der Waals surface area (Å²) < 4.78 is 5.56. The van der Waals surface area contributed by atoms with Crippen molar-refractivity contribution in [3.05, 3.63) is 62.7 Å². The van der Waals surface area contributed by atoms with Crippen LogP contribution in [0.4, 0.5) is 16.4 Å². The second-order valence-electron chi connectivity index (χ2n) is 5.72. The maximum absolute atomic E-state index is 12.5. The van der Waals surface area contributed by atoms with Gasteiger partial charge in [0, 0.05) is 37.9 Å². The van der Waals surface area contributed by atoms with Gasteiger partial charge < -0.3 is 9.32 Å². The molecule has 0 aliphatic carbocycles. The predicted octanol–water partition coefficient (Wildman–Crippen LogP) is 3.49. The van der Waals surface area contributed by atoms with Crippen molar-refractivity contribution in [1.29, 1.82) is 0 Å². The van der Waals surface area contributed by atoms with Crippen LogP contribution in [0.15, 0.2) is 45.7 Å². The molecule has 1 fully saturated rings. The maximum Gasteiger partial charge on any atom is 0.293 e. The zero-order valence-corrected chi connectivity index (χ0v) is 14.9. The Morgan fingerprint density at radius 2 is 1.96 bits per heavy atom. The summed E-state index contributed by atoms with van der Waals surface area (Å²) in [5.41, 5.74) is 0.172. The van der Waals surface area contributed by atoms with Crippen LogP contribution in [0.5, 0.6) is 0 Å². The van der Waals surface area contributed by atoms with Gasteiger partial charge in [0.25, 0.3) is 16.8 Å². The molecule has 1 aliphatic rings. The number of benzene rings is 1. The number of imide groups is 1. The second-order valence-corrected chi connectivity index (χ2v) is 6.72. The van der Waals surface area contributed by atoms with Crippen molar-refractivity contribution in [2.75, 3.05) is 19.0 Å². The predicted molar refractivity (Wildman–Crippen MR) is 97.6 cm³/mol. The molecule has 0 radical (unpaired) electrons. The first kappa shape index (κ1) is 17.7. The number of carbonyl (C=O) groups is 2. The first-order chi connectivity index (χ1) is 12.4. The SMILES string of the molecule is CN(C)c1ccc(/C=C2\SC(=O)N(Cc3ccccc3[N+](=O)[O-])C2=O)o1. The Morgan fingerprint density at radius 1 is 1.23 bits per heavy atom. The number of hydrogen-bond donors (Lipinski definition) is 0. The molecule has 2 heterocycles. The minimum Gasteiger partial charge on any atom is -0.441 e. The molecule has 0 saturated carbocycles. The molecule has 0 spiro atoms. The number of amides is 2. The van der Waals surface area contributed by atoms with E-state index in [2.05, 4.69) is 0 Å². The lowest BCUT2D eigenvalue weighted by atomic mass is 10.1. The highest BCUT2D eigenvalue weighted by Crippen LogP contribution is 2.35. The fraction of sp³-hybridized carbons (Fsp3) is 0.176. The van der Waals surface area contributed by atoms with Crippen molar-refractivity contribution in [2.24, 2.45) is 0 Å². The van der Waals surface area contributed by atoms with Gasteiger partial charge >= 0.3 is 0 Å². The van der Waals surface area contributed by atoms with E-state index in [0.717, 1.165) is 16.7 Å².